The van der Waals surface area contributed by atoms with Crippen molar-refractivity contribution < 1.29 is 4.79 Å². The second-order valence-electron chi connectivity index (χ2n) is 8.77. The number of pyridine rings is 2. The minimum absolute atomic E-state index is 0.0386. The summed E-state index contributed by atoms with van der Waals surface area (Å²) in [6.45, 7) is 7.59. The van der Waals surface area contributed by atoms with Crippen molar-refractivity contribution in [3.05, 3.63) is 35.7 Å². The molecule has 2 aromatic rings. The molecule has 1 saturated heterocycles. The first-order chi connectivity index (χ1) is 12.4. The summed E-state index contributed by atoms with van der Waals surface area (Å²) >= 11 is 0. The fourth-order valence-corrected chi connectivity index (χ4v) is 3.69. The molecule has 1 aliphatic carbocycles. The average molecular weight is 352 g/mol. The summed E-state index contributed by atoms with van der Waals surface area (Å²) in [6.07, 6.45) is 6.49. The van der Waals surface area contributed by atoms with Gasteiger partial charge in [-0.05, 0) is 76.1 Å². The van der Waals surface area contributed by atoms with Gasteiger partial charge in [0.25, 0.3) is 0 Å². The number of likely N-dealkylation sites (tertiary alicyclic amines) is 1. The van der Waals surface area contributed by atoms with Crippen LogP contribution in [0.5, 0.6) is 0 Å². The molecule has 1 aliphatic heterocycles. The third-order valence-corrected chi connectivity index (χ3v) is 5.32. The molecule has 0 atom stereocenters. The normalized spacial score (nSPS) is 19.0. The van der Waals surface area contributed by atoms with Crippen molar-refractivity contribution in [3.63, 3.8) is 0 Å². The number of carbonyl (C=O) groups excluding carboxylic acids is 1. The van der Waals surface area contributed by atoms with Crippen molar-refractivity contribution in [1.82, 2.24) is 20.2 Å². The second-order valence-corrected chi connectivity index (χ2v) is 8.77. The van der Waals surface area contributed by atoms with Gasteiger partial charge < -0.3 is 10.2 Å². The van der Waals surface area contributed by atoms with Crippen molar-refractivity contribution in [1.29, 1.82) is 0 Å². The van der Waals surface area contributed by atoms with Crippen LogP contribution in [0.3, 0.4) is 0 Å². The van der Waals surface area contributed by atoms with E-state index in [2.05, 4.69) is 28.5 Å². The molecule has 0 radical (unpaired) electrons. The third kappa shape index (κ3) is 3.81. The Morgan fingerprint density at radius 3 is 2.50 bits per heavy atom. The van der Waals surface area contributed by atoms with Gasteiger partial charge in [0.1, 0.15) is 0 Å². The van der Waals surface area contributed by atoms with Crippen LogP contribution in [-0.2, 0) is 0 Å². The number of aromatic nitrogens is 2. The summed E-state index contributed by atoms with van der Waals surface area (Å²) < 4.78 is 0. The maximum absolute atomic E-state index is 12.3. The van der Waals surface area contributed by atoms with Crippen LogP contribution >= 0.6 is 0 Å². The minimum atomic E-state index is -0.196. The fraction of sp³-hybridized carbons (Fsp3) is 0.571. The van der Waals surface area contributed by atoms with Crippen molar-refractivity contribution in [3.8, 4) is 0 Å². The van der Waals surface area contributed by atoms with Crippen LogP contribution < -0.4 is 5.32 Å². The lowest BCUT2D eigenvalue weighted by Crippen LogP contribution is -2.50. The number of hydrogen-bond donors (Lipinski definition) is 1. The maximum atomic E-state index is 12.3. The predicted octanol–water partition coefficient (Wildman–Crippen LogP) is 4.19. The van der Waals surface area contributed by atoms with Gasteiger partial charge in [-0.3, -0.25) is 0 Å². The smallest absolute Gasteiger partial charge is 0.317 e. The first-order valence-electron chi connectivity index (χ1n) is 9.73. The quantitative estimate of drug-likeness (QED) is 0.881. The topological polar surface area (TPSA) is 58.1 Å². The van der Waals surface area contributed by atoms with Gasteiger partial charge in [0, 0.05) is 41.8 Å². The van der Waals surface area contributed by atoms with Crippen molar-refractivity contribution >= 4 is 17.1 Å². The van der Waals surface area contributed by atoms with E-state index in [1.54, 1.807) is 0 Å². The molecular formula is C21H28N4O. The zero-order valence-corrected chi connectivity index (χ0v) is 16.0. The molecule has 2 amide bonds. The van der Waals surface area contributed by atoms with Crippen LogP contribution in [0.1, 0.15) is 69.5 Å². The Morgan fingerprint density at radius 1 is 1.12 bits per heavy atom. The summed E-state index contributed by atoms with van der Waals surface area (Å²) in [5, 5.41) is 4.19. The molecule has 5 nitrogen and oxygen atoms in total. The molecule has 1 N–H and O–H groups in total. The van der Waals surface area contributed by atoms with E-state index in [1.165, 1.54) is 18.4 Å². The Bertz CT molecular complexity index is 814. The van der Waals surface area contributed by atoms with E-state index >= 15 is 0 Å². The number of carbonyl (C=O) groups is 1. The Labute approximate surface area is 155 Å². The maximum Gasteiger partial charge on any atom is 0.317 e. The summed E-state index contributed by atoms with van der Waals surface area (Å²) in [5.74, 6) is 1.12. The van der Waals surface area contributed by atoms with Crippen molar-refractivity contribution in [2.45, 2.75) is 63.8 Å². The standard InChI is InChI=1S/C21H28N4O/c1-21(2,3)24-20(26)25-10-8-15(9-11-25)18-7-6-16-12-17(14-4-5-14)13-22-19(16)23-18/h6-7,12-15H,4-5,8-11H2,1-3H3,(H,24,26). The zero-order valence-electron chi connectivity index (χ0n) is 16.0. The molecule has 1 saturated carbocycles. The van der Waals surface area contributed by atoms with Gasteiger partial charge in [0.15, 0.2) is 5.65 Å². The molecule has 2 aliphatic rings. The highest BCUT2D eigenvalue weighted by molar-refractivity contribution is 5.76. The molecule has 0 spiro atoms. The van der Waals surface area contributed by atoms with Gasteiger partial charge in [0.05, 0.1) is 0 Å². The second kappa shape index (κ2) is 6.53. The van der Waals surface area contributed by atoms with Crippen LogP contribution in [0.2, 0.25) is 0 Å². The minimum Gasteiger partial charge on any atom is -0.333 e. The van der Waals surface area contributed by atoms with Gasteiger partial charge in [-0.15, -0.1) is 0 Å². The number of piperidine rings is 1. The molecule has 0 bridgehead atoms. The highest BCUT2D eigenvalue weighted by Gasteiger charge is 2.27. The van der Waals surface area contributed by atoms with Crippen LogP contribution in [0, 0.1) is 0 Å². The predicted molar refractivity (Wildman–Crippen MR) is 103 cm³/mol. The van der Waals surface area contributed by atoms with Gasteiger partial charge in [-0.25, -0.2) is 14.8 Å². The Morgan fingerprint density at radius 2 is 1.85 bits per heavy atom. The first kappa shape index (κ1) is 17.3. The molecular weight excluding hydrogens is 324 g/mol. The fourth-order valence-electron chi connectivity index (χ4n) is 3.69. The van der Waals surface area contributed by atoms with E-state index in [4.69, 9.17) is 4.98 Å². The number of rotatable bonds is 2. The number of urea groups is 1. The summed E-state index contributed by atoms with van der Waals surface area (Å²) in [4.78, 5) is 23.6. The van der Waals surface area contributed by atoms with E-state index in [0.717, 1.165) is 48.6 Å². The molecule has 4 rings (SSSR count). The van der Waals surface area contributed by atoms with Crippen LogP contribution in [-0.4, -0.2) is 39.5 Å². The van der Waals surface area contributed by atoms with E-state index in [-0.39, 0.29) is 11.6 Å². The van der Waals surface area contributed by atoms with E-state index in [0.29, 0.717) is 5.92 Å². The number of hydrogen-bond acceptors (Lipinski definition) is 3. The SMILES string of the molecule is CC(C)(C)NC(=O)N1CCC(c2ccc3cc(C4CC4)cnc3n2)CC1. The molecule has 26 heavy (non-hydrogen) atoms. The lowest BCUT2D eigenvalue weighted by Gasteiger charge is -2.34. The Kier molecular flexibility index (Phi) is 4.33. The summed E-state index contributed by atoms with van der Waals surface area (Å²) in [5.41, 5.74) is 3.11. The highest BCUT2D eigenvalue weighted by atomic mass is 16.2. The molecule has 2 fully saturated rings. The van der Waals surface area contributed by atoms with Crippen LogP contribution in [0.25, 0.3) is 11.0 Å². The van der Waals surface area contributed by atoms with E-state index in [1.807, 2.05) is 31.9 Å². The van der Waals surface area contributed by atoms with Crippen molar-refractivity contribution in [2.24, 2.45) is 0 Å². The van der Waals surface area contributed by atoms with Crippen LogP contribution in [0.15, 0.2) is 24.4 Å². The third-order valence-electron chi connectivity index (χ3n) is 5.32. The number of nitrogens with one attached hydrogen (secondary N) is 1. The molecule has 0 unspecified atom stereocenters. The van der Waals surface area contributed by atoms with E-state index in [9.17, 15) is 4.79 Å². The zero-order chi connectivity index (χ0) is 18.3. The van der Waals surface area contributed by atoms with E-state index < -0.39 is 0 Å². The lowest BCUT2D eigenvalue weighted by molar-refractivity contribution is 0.172. The largest absolute Gasteiger partial charge is 0.333 e. The van der Waals surface area contributed by atoms with Gasteiger partial charge in [0.2, 0.25) is 0 Å². The summed E-state index contributed by atoms with van der Waals surface area (Å²) in [7, 11) is 0. The molecule has 2 aromatic heterocycles. The lowest BCUT2D eigenvalue weighted by atomic mass is 9.93. The van der Waals surface area contributed by atoms with Gasteiger partial charge in [-0.2, -0.15) is 0 Å². The van der Waals surface area contributed by atoms with Gasteiger partial charge >= 0.3 is 6.03 Å². The number of fused-ring (bicyclic) bond motifs is 1. The Hall–Kier alpha value is -2.17. The monoisotopic (exact) mass is 352 g/mol. The molecule has 0 aromatic carbocycles. The number of amides is 2. The number of nitrogens with zero attached hydrogens (tertiary/aromatic N) is 3. The van der Waals surface area contributed by atoms with Gasteiger partial charge in [-0.1, -0.05) is 0 Å². The average Bonchev–Trinajstić information content (AvgIpc) is 3.45. The molecule has 3 heterocycles. The van der Waals surface area contributed by atoms with Crippen LogP contribution in [0.4, 0.5) is 4.79 Å². The Balaban J connectivity index is 1.42. The summed E-state index contributed by atoms with van der Waals surface area (Å²) in [6, 6.07) is 6.60. The van der Waals surface area contributed by atoms with Crippen molar-refractivity contribution in [2.75, 3.05) is 13.1 Å². The molecule has 138 valence electrons. The first-order valence-corrected chi connectivity index (χ1v) is 9.73. The highest BCUT2D eigenvalue weighted by Crippen LogP contribution is 2.40. The molecule has 5 heteroatoms.